The Morgan fingerprint density at radius 2 is 2.00 bits per heavy atom. The van der Waals surface area contributed by atoms with Crippen LogP contribution in [0.1, 0.15) is 24.4 Å². The van der Waals surface area contributed by atoms with E-state index >= 15 is 0 Å². The topological polar surface area (TPSA) is 50.1 Å². The van der Waals surface area contributed by atoms with Gasteiger partial charge in [-0.25, -0.2) is 4.98 Å². The van der Waals surface area contributed by atoms with Crippen LogP contribution in [0.5, 0.6) is 0 Å². The van der Waals surface area contributed by atoms with Crippen LogP contribution in [0.2, 0.25) is 0 Å². The molecule has 0 radical (unpaired) electrons. The number of hydrogen-bond acceptors (Lipinski definition) is 3. The van der Waals surface area contributed by atoms with Crippen LogP contribution >= 0.6 is 0 Å². The maximum Gasteiger partial charge on any atom is 0.110 e. The number of para-hydroxylation sites is 1. The van der Waals surface area contributed by atoms with E-state index in [9.17, 15) is 0 Å². The molecule has 4 heteroatoms. The minimum atomic E-state index is 0.267. The maximum absolute atomic E-state index is 8.74. The molecule has 4 nitrogen and oxygen atoms in total. The molecule has 102 valence electrons. The molecule has 0 fully saturated rings. The molecule has 0 bridgehead atoms. The van der Waals surface area contributed by atoms with Crippen molar-refractivity contribution >= 4 is 0 Å². The van der Waals surface area contributed by atoms with E-state index in [-0.39, 0.29) is 6.61 Å². The summed E-state index contributed by atoms with van der Waals surface area (Å²) in [6, 6.07) is 10.3. The number of hydrogen-bond donors (Lipinski definition) is 2. The summed E-state index contributed by atoms with van der Waals surface area (Å²) in [7, 11) is 0. The summed E-state index contributed by atoms with van der Waals surface area (Å²) in [5.74, 6) is 0.998. The van der Waals surface area contributed by atoms with E-state index < -0.39 is 0 Å². The molecule has 1 aromatic heterocycles. The molecule has 2 aromatic rings. The van der Waals surface area contributed by atoms with E-state index in [0.29, 0.717) is 0 Å². The smallest absolute Gasteiger partial charge is 0.110 e. The summed E-state index contributed by atoms with van der Waals surface area (Å²) >= 11 is 0. The SMILES string of the molecule is Cc1ncc(CNCCCCO)n1-c1ccccc1. The fraction of sp³-hybridized carbons (Fsp3) is 0.400. The van der Waals surface area contributed by atoms with Gasteiger partial charge in [0.25, 0.3) is 0 Å². The normalized spacial score (nSPS) is 10.8. The van der Waals surface area contributed by atoms with Gasteiger partial charge in [-0.3, -0.25) is 4.57 Å². The molecule has 2 rings (SSSR count). The quantitative estimate of drug-likeness (QED) is 0.748. The number of aromatic nitrogens is 2. The van der Waals surface area contributed by atoms with Gasteiger partial charge in [0.15, 0.2) is 0 Å². The summed E-state index contributed by atoms with van der Waals surface area (Å²) in [4.78, 5) is 4.39. The second-order valence-electron chi connectivity index (χ2n) is 4.58. The molecule has 0 atom stereocenters. The lowest BCUT2D eigenvalue weighted by Crippen LogP contribution is -2.17. The first kappa shape index (κ1) is 13.8. The Labute approximate surface area is 114 Å². The Morgan fingerprint density at radius 3 is 2.74 bits per heavy atom. The third-order valence-electron chi connectivity index (χ3n) is 3.09. The average molecular weight is 259 g/mol. The van der Waals surface area contributed by atoms with Crippen LogP contribution in [0.3, 0.4) is 0 Å². The Balaban J connectivity index is 2.02. The van der Waals surface area contributed by atoms with Gasteiger partial charge >= 0.3 is 0 Å². The zero-order valence-corrected chi connectivity index (χ0v) is 11.3. The van der Waals surface area contributed by atoms with Crippen LogP contribution in [0, 0.1) is 6.92 Å². The fourth-order valence-corrected chi connectivity index (χ4v) is 2.12. The molecule has 0 aliphatic heterocycles. The predicted octanol–water partition coefficient (Wildman–Crippen LogP) is 2.04. The first-order valence-corrected chi connectivity index (χ1v) is 6.73. The summed E-state index contributed by atoms with van der Waals surface area (Å²) in [5.41, 5.74) is 2.30. The van der Waals surface area contributed by atoms with Gasteiger partial charge in [0.05, 0.1) is 11.9 Å². The van der Waals surface area contributed by atoms with E-state index in [1.807, 2.05) is 31.3 Å². The van der Waals surface area contributed by atoms with Crippen LogP contribution in [0.25, 0.3) is 5.69 Å². The van der Waals surface area contributed by atoms with Gasteiger partial charge in [-0.1, -0.05) is 18.2 Å². The summed E-state index contributed by atoms with van der Waals surface area (Å²) < 4.78 is 2.17. The molecular formula is C15H21N3O. The van der Waals surface area contributed by atoms with E-state index in [4.69, 9.17) is 5.11 Å². The first-order chi connectivity index (χ1) is 9.33. The molecule has 1 aromatic carbocycles. The van der Waals surface area contributed by atoms with Crippen molar-refractivity contribution in [1.82, 2.24) is 14.9 Å². The van der Waals surface area contributed by atoms with E-state index in [0.717, 1.165) is 43.1 Å². The Bertz CT molecular complexity index is 493. The van der Waals surface area contributed by atoms with Crippen molar-refractivity contribution in [2.75, 3.05) is 13.2 Å². The number of nitrogens with one attached hydrogen (secondary N) is 1. The Hall–Kier alpha value is -1.65. The molecule has 0 spiro atoms. The predicted molar refractivity (Wildman–Crippen MR) is 76.3 cm³/mol. The number of aliphatic hydroxyl groups excluding tert-OH is 1. The van der Waals surface area contributed by atoms with Crippen molar-refractivity contribution in [2.24, 2.45) is 0 Å². The number of rotatable bonds is 7. The molecule has 0 aliphatic rings. The number of unbranched alkanes of at least 4 members (excludes halogenated alkanes) is 1. The third kappa shape index (κ3) is 3.66. The first-order valence-electron chi connectivity index (χ1n) is 6.73. The van der Waals surface area contributed by atoms with Gasteiger partial charge in [0, 0.05) is 18.8 Å². The molecule has 0 unspecified atom stereocenters. The van der Waals surface area contributed by atoms with E-state index in [1.165, 1.54) is 0 Å². The standard InChI is InChI=1S/C15H21N3O/c1-13-17-12-15(11-16-9-5-6-10-19)18(13)14-7-3-2-4-8-14/h2-4,7-8,12,16,19H,5-6,9-11H2,1H3. The van der Waals surface area contributed by atoms with Gasteiger partial charge in [-0.05, 0) is 38.4 Å². The van der Waals surface area contributed by atoms with Crippen molar-refractivity contribution < 1.29 is 5.11 Å². The molecule has 0 saturated carbocycles. The Kier molecular flexibility index (Phi) is 5.12. The monoisotopic (exact) mass is 259 g/mol. The molecule has 2 N–H and O–H groups in total. The third-order valence-corrected chi connectivity index (χ3v) is 3.09. The highest BCUT2D eigenvalue weighted by atomic mass is 16.2. The molecule has 0 aliphatic carbocycles. The summed E-state index contributed by atoms with van der Waals surface area (Å²) in [6.07, 6.45) is 3.76. The zero-order chi connectivity index (χ0) is 13.5. The highest BCUT2D eigenvalue weighted by Crippen LogP contribution is 2.14. The summed E-state index contributed by atoms with van der Waals surface area (Å²) in [5, 5.41) is 12.1. The van der Waals surface area contributed by atoms with Crippen LogP contribution in [-0.2, 0) is 6.54 Å². The van der Waals surface area contributed by atoms with E-state index in [1.54, 1.807) is 0 Å². The van der Waals surface area contributed by atoms with Gasteiger partial charge in [-0.2, -0.15) is 0 Å². The molecular weight excluding hydrogens is 238 g/mol. The maximum atomic E-state index is 8.74. The summed E-state index contributed by atoms with van der Waals surface area (Å²) in [6.45, 7) is 3.99. The Morgan fingerprint density at radius 1 is 1.21 bits per heavy atom. The van der Waals surface area contributed by atoms with E-state index in [2.05, 4.69) is 27.0 Å². The number of nitrogens with zero attached hydrogens (tertiary/aromatic N) is 2. The van der Waals surface area contributed by atoms with Crippen molar-refractivity contribution in [2.45, 2.75) is 26.3 Å². The second kappa shape index (κ2) is 7.07. The largest absolute Gasteiger partial charge is 0.396 e. The van der Waals surface area contributed by atoms with Gasteiger partial charge in [0.1, 0.15) is 5.82 Å². The van der Waals surface area contributed by atoms with Crippen LogP contribution in [0.15, 0.2) is 36.5 Å². The number of aryl methyl sites for hydroxylation is 1. The fourth-order valence-electron chi connectivity index (χ4n) is 2.12. The van der Waals surface area contributed by atoms with Crippen LogP contribution in [0.4, 0.5) is 0 Å². The lowest BCUT2D eigenvalue weighted by molar-refractivity contribution is 0.283. The van der Waals surface area contributed by atoms with Crippen molar-refractivity contribution in [1.29, 1.82) is 0 Å². The lowest BCUT2D eigenvalue weighted by Gasteiger charge is -2.11. The second-order valence-corrected chi connectivity index (χ2v) is 4.58. The molecule has 0 saturated heterocycles. The van der Waals surface area contributed by atoms with Crippen molar-refractivity contribution in [3.05, 3.63) is 48.0 Å². The van der Waals surface area contributed by atoms with Gasteiger partial charge in [-0.15, -0.1) is 0 Å². The molecule has 1 heterocycles. The van der Waals surface area contributed by atoms with Crippen LogP contribution < -0.4 is 5.32 Å². The molecule has 19 heavy (non-hydrogen) atoms. The number of imidazole rings is 1. The average Bonchev–Trinajstić information content (AvgIpc) is 2.81. The highest BCUT2D eigenvalue weighted by molar-refractivity contribution is 5.35. The van der Waals surface area contributed by atoms with Crippen LogP contribution in [-0.4, -0.2) is 27.8 Å². The minimum Gasteiger partial charge on any atom is -0.396 e. The zero-order valence-electron chi connectivity index (χ0n) is 11.3. The van der Waals surface area contributed by atoms with Gasteiger partial charge in [0.2, 0.25) is 0 Å². The van der Waals surface area contributed by atoms with Crippen molar-refractivity contribution in [3.63, 3.8) is 0 Å². The highest BCUT2D eigenvalue weighted by Gasteiger charge is 2.07. The van der Waals surface area contributed by atoms with Gasteiger partial charge < -0.3 is 10.4 Å². The number of benzene rings is 1. The van der Waals surface area contributed by atoms with Crippen molar-refractivity contribution in [3.8, 4) is 5.69 Å². The molecule has 0 amide bonds. The minimum absolute atomic E-state index is 0.267. The number of aliphatic hydroxyl groups is 1. The lowest BCUT2D eigenvalue weighted by atomic mass is 10.3.